The van der Waals surface area contributed by atoms with E-state index in [1.54, 1.807) is 25.1 Å². The monoisotopic (exact) mass is 179 g/mol. The molecule has 0 aliphatic rings. The number of benzene rings is 1. The van der Waals surface area contributed by atoms with E-state index in [0.717, 1.165) is 0 Å². The Labute approximate surface area is 75.1 Å². The molecule has 1 aromatic heterocycles. The van der Waals surface area contributed by atoms with E-state index >= 15 is 0 Å². The van der Waals surface area contributed by atoms with Gasteiger partial charge in [-0.05, 0) is 25.1 Å². The molecule has 0 bridgehead atoms. The maximum absolute atomic E-state index is 13.2. The molecule has 3 heteroatoms. The molecule has 0 fully saturated rings. The molecule has 0 aliphatic carbocycles. The van der Waals surface area contributed by atoms with E-state index in [1.165, 1.54) is 6.07 Å². The molecule has 1 aromatic carbocycles. The summed E-state index contributed by atoms with van der Waals surface area (Å²) in [5.41, 5.74) is 6.16. The first kappa shape index (κ1) is 8.26. The molecule has 0 amide bonds. The highest BCUT2D eigenvalue weighted by atomic mass is 19.1. The van der Waals surface area contributed by atoms with Gasteiger partial charge in [0.15, 0.2) is 0 Å². The van der Waals surface area contributed by atoms with E-state index in [9.17, 15) is 4.39 Å². The molecular weight excluding hydrogens is 169 g/mol. The topological polar surface area (TPSA) is 39.2 Å². The van der Waals surface area contributed by atoms with Crippen LogP contribution in [0.2, 0.25) is 0 Å². The van der Waals surface area contributed by atoms with Crippen molar-refractivity contribution in [2.45, 2.75) is 13.0 Å². The summed E-state index contributed by atoms with van der Waals surface area (Å²) in [4.78, 5) is 0. The number of rotatable bonds is 1. The highest BCUT2D eigenvalue weighted by Gasteiger charge is 2.09. The summed E-state index contributed by atoms with van der Waals surface area (Å²) in [6.07, 6.45) is 0. The van der Waals surface area contributed by atoms with Gasteiger partial charge in [0.25, 0.3) is 0 Å². The molecule has 1 atom stereocenters. The molecule has 1 unspecified atom stereocenters. The highest BCUT2D eigenvalue weighted by molar-refractivity contribution is 5.78. The molecule has 2 N–H and O–H groups in total. The van der Waals surface area contributed by atoms with Gasteiger partial charge < -0.3 is 10.2 Å². The van der Waals surface area contributed by atoms with Gasteiger partial charge in [-0.15, -0.1) is 0 Å². The lowest BCUT2D eigenvalue weighted by atomic mass is 10.2. The molecule has 2 rings (SSSR count). The SMILES string of the molecule is CC(N)c1cc2c(F)cccc2o1. The summed E-state index contributed by atoms with van der Waals surface area (Å²) in [5, 5.41) is 0.495. The normalized spacial score (nSPS) is 13.5. The lowest BCUT2D eigenvalue weighted by Crippen LogP contribution is -2.02. The lowest BCUT2D eigenvalue weighted by Gasteiger charge is -1.96. The summed E-state index contributed by atoms with van der Waals surface area (Å²) in [5.74, 6) is 0.341. The fraction of sp³-hybridized carbons (Fsp3) is 0.200. The Morgan fingerprint density at radius 1 is 1.46 bits per heavy atom. The summed E-state index contributed by atoms with van der Waals surface area (Å²) in [6.45, 7) is 1.80. The number of furan rings is 1. The van der Waals surface area contributed by atoms with Crippen molar-refractivity contribution in [1.29, 1.82) is 0 Å². The van der Waals surface area contributed by atoms with Crippen LogP contribution in [0.1, 0.15) is 18.7 Å². The first-order valence-corrected chi connectivity index (χ1v) is 4.12. The smallest absolute Gasteiger partial charge is 0.137 e. The number of hydrogen-bond donors (Lipinski definition) is 1. The first-order chi connectivity index (χ1) is 6.18. The Balaban J connectivity index is 2.68. The standard InChI is InChI=1S/C10H10FNO/c1-6(12)10-5-7-8(11)3-2-4-9(7)13-10/h2-6H,12H2,1H3. The van der Waals surface area contributed by atoms with Crippen LogP contribution in [0.25, 0.3) is 11.0 Å². The largest absolute Gasteiger partial charge is 0.459 e. The third-order valence-corrected chi connectivity index (χ3v) is 1.98. The first-order valence-electron chi connectivity index (χ1n) is 4.12. The van der Waals surface area contributed by atoms with Gasteiger partial charge in [0.1, 0.15) is 17.2 Å². The zero-order valence-electron chi connectivity index (χ0n) is 7.25. The number of nitrogens with two attached hydrogens (primary N) is 1. The van der Waals surface area contributed by atoms with E-state index in [0.29, 0.717) is 16.7 Å². The van der Waals surface area contributed by atoms with E-state index in [1.807, 2.05) is 0 Å². The second-order valence-corrected chi connectivity index (χ2v) is 3.09. The van der Waals surface area contributed by atoms with Crippen LogP contribution < -0.4 is 5.73 Å². The van der Waals surface area contributed by atoms with Crippen LogP contribution in [-0.2, 0) is 0 Å². The molecule has 2 aromatic rings. The third-order valence-electron chi connectivity index (χ3n) is 1.98. The van der Waals surface area contributed by atoms with Gasteiger partial charge in [0, 0.05) is 0 Å². The lowest BCUT2D eigenvalue weighted by molar-refractivity contribution is 0.512. The van der Waals surface area contributed by atoms with Gasteiger partial charge >= 0.3 is 0 Å². The molecule has 0 saturated carbocycles. The quantitative estimate of drug-likeness (QED) is 0.730. The minimum atomic E-state index is -0.270. The van der Waals surface area contributed by atoms with E-state index in [-0.39, 0.29) is 11.9 Å². The summed E-state index contributed by atoms with van der Waals surface area (Å²) in [6, 6.07) is 6.20. The van der Waals surface area contributed by atoms with Crippen molar-refractivity contribution >= 4 is 11.0 Å². The van der Waals surface area contributed by atoms with E-state index < -0.39 is 0 Å². The van der Waals surface area contributed by atoms with Crippen molar-refractivity contribution in [1.82, 2.24) is 0 Å². The van der Waals surface area contributed by atoms with Crippen molar-refractivity contribution in [2.75, 3.05) is 0 Å². The number of hydrogen-bond acceptors (Lipinski definition) is 2. The predicted molar refractivity (Wildman–Crippen MR) is 48.8 cm³/mol. The molecule has 0 radical (unpaired) electrons. The highest BCUT2D eigenvalue weighted by Crippen LogP contribution is 2.24. The van der Waals surface area contributed by atoms with Crippen molar-refractivity contribution in [3.8, 4) is 0 Å². The van der Waals surface area contributed by atoms with Crippen LogP contribution >= 0.6 is 0 Å². The van der Waals surface area contributed by atoms with Crippen molar-refractivity contribution in [2.24, 2.45) is 5.73 Å². The van der Waals surface area contributed by atoms with Crippen molar-refractivity contribution < 1.29 is 8.81 Å². The zero-order valence-corrected chi connectivity index (χ0v) is 7.25. The molecule has 68 valence electrons. The average Bonchev–Trinajstić information content (AvgIpc) is 2.49. The van der Waals surface area contributed by atoms with Crippen LogP contribution in [-0.4, -0.2) is 0 Å². The van der Waals surface area contributed by atoms with Crippen LogP contribution in [0.3, 0.4) is 0 Å². The average molecular weight is 179 g/mol. The summed E-state index contributed by atoms with van der Waals surface area (Å²) < 4.78 is 18.5. The number of halogens is 1. The maximum Gasteiger partial charge on any atom is 0.137 e. The minimum Gasteiger partial charge on any atom is -0.459 e. The van der Waals surface area contributed by atoms with Gasteiger partial charge in [0.2, 0.25) is 0 Å². The Bertz CT molecular complexity index is 433. The van der Waals surface area contributed by atoms with Crippen LogP contribution in [0.15, 0.2) is 28.7 Å². The van der Waals surface area contributed by atoms with Gasteiger partial charge in [-0.3, -0.25) is 0 Å². The maximum atomic E-state index is 13.2. The summed E-state index contributed by atoms with van der Waals surface area (Å²) in [7, 11) is 0. The molecular formula is C10H10FNO. The Morgan fingerprint density at radius 2 is 2.23 bits per heavy atom. The van der Waals surface area contributed by atoms with Crippen molar-refractivity contribution in [3.05, 3.63) is 35.8 Å². The fourth-order valence-electron chi connectivity index (χ4n) is 1.27. The predicted octanol–water partition coefficient (Wildman–Crippen LogP) is 2.59. The second-order valence-electron chi connectivity index (χ2n) is 3.09. The molecule has 0 saturated heterocycles. The van der Waals surface area contributed by atoms with Crippen LogP contribution in [0.4, 0.5) is 4.39 Å². The van der Waals surface area contributed by atoms with Crippen LogP contribution in [0.5, 0.6) is 0 Å². The van der Waals surface area contributed by atoms with E-state index in [4.69, 9.17) is 10.2 Å². The Morgan fingerprint density at radius 3 is 2.85 bits per heavy atom. The fourth-order valence-corrected chi connectivity index (χ4v) is 1.27. The minimum absolute atomic E-state index is 0.202. The van der Waals surface area contributed by atoms with Crippen LogP contribution in [0, 0.1) is 5.82 Å². The van der Waals surface area contributed by atoms with Gasteiger partial charge in [-0.2, -0.15) is 0 Å². The van der Waals surface area contributed by atoms with Gasteiger partial charge in [-0.25, -0.2) is 4.39 Å². The molecule has 13 heavy (non-hydrogen) atoms. The Hall–Kier alpha value is -1.35. The molecule has 0 spiro atoms. The Kier molecular flexibility index (Phi) is 1.81. The van der Waals surface area contributed by atoms with Gasteiger partial charge in [0.05, 0.1) is 11.4 Å². The van der Waals surface area contributed by atoms with Crippen molar-refractivity contribution in [3.63, 3.8) is 0 Å². The molecule has 1 heterocycles. The number of fused-ring (bicyclic) bond motifs is 1. The molecule has 0 aliphatic heterocycles. The molecule has 2 nitrogen and oxygen atoms in total. The second kappa shape index (κ2) is 2.85. The van der Waals surface area contributed by atoms with E-state index in [2.05, 4.69) is 0 Å². The summed E-state index contributed by atoms with van der Waals surface area (Å²) >= 11 is 0. The zero-order chi connectivity index (χ0) is 9.42. The van der Waals surface area contributed by atoms with Gasteiger partial charge in [-0.1, -0.05) is 6.07 Å². The third kappa shape index (κ3) is 1.31.